The van der Waals surface area contributed by atoms with Crippen molar-refractivity contribution < 1.29 is 55.3 Å². The topological polar surface area (TPSA) is 112 Å². The number of carbonyl (C=O) groups is 2. The molecule has 16 heteroatoms. The highest BCUT2D eigenvalue weighted by Crippen LogP contribution is 2.37. The van der Waals surface area contributed by atoms with Crippen LogP contribution in [-0.4, -0.2) is 75.7 Å². The van der Waals surface area contributed by atoms with Crippen molar-refractivity contribution in [3.05, 3.63) is 46.5 Å². The Balaban J connectivity index is 0.000000286. The van der Waals surface area contributed by atoms with Crippen LogP contribution < -0.4 is 5.32 Å². The molecule has 2 aromatic rings. The van der Waals surface area contributed by atoms with Crippen LogP contribution in [0.25, 0.3) is 0 Å². The number of anilines is 1. The summed E-state index contributed by atoms with van der Waals surface area (Å²) in [5.74, 6) is -5.49. The van der Waals surface area contributed by atoms with Gasteiger partial charge in [0.1, 0.15) is 0 Å². The van der Waals surface area contributed by atoms with Crippen LogP contribution in [0, 0.1) is 5.82 Å². The molecule has 2 atom stereocenters. The fraction of sp³-hybridized carbons (Fsp3) is 0.476. The van der Waals surface area contributed by atoms with Crippen molar-refractivity contribution in [3.8, 4) is 0 Å². The molecule has 8 nitrogen and oxygen atoms in total. The molecule has 37 heavy (non-hydrogen) atoms. The number of carboxylic acid groups (broad SMARTS) is 2. The molecule has 2 aliphatic rings. The zero-order valence-corrected chi connectivity index (χ0v) is 19.7. The van der Waals surface area contributed by atoms with Gasteiger partial charge >= 0.3 is 24.3 Å². The summed E-state index contributed by atoms with van der Waals surface area (Å²) in [4.78, 5) is 25.7. The first kappa shape index (κ1) is 30.2. The van der Waals surface area contributed by atoms with E-state index in [4.69, 9.17) is 24.5 Å². The standard InChI is InChI=1S/C17H20FN3OS.2C2HF3O2/c18-15-4-1-6-19-16(15)20-13-9-17(22-11-13)5-7-21(12-17)10-14-3-2-8-23-14;2*3-2(4,5)1(6)7/h1-4,6,8,13H,5,7,9-12H2,(H,19,20);2*(H,6,7). The number of likely N-dealkylation sites (tertiary alicyclic amines) is 1. The summed E-state index contributed by atoms with van der Waals surface area (Å²) in [6.45, 7) is 3.62. The minimum absolute atomic E-state index is 0.0832. The van der Waals surface area contributed by atoms with Gasteiger partial charge in [-0.1, -0.05) is 6.07 Å². The fourth-order valence-corrected chi connectivity index (χ4v) is 4.34. The maximum absolute atomic E-state index is 13.7. The molecular weight excluding hydrogens is 539 g/mol. The highest BCUT2D eigenvalue weighted by Gasteiger charge is 2.45. The number of aromatic nitrogens is 1. The number of pyridine rings is 1. The predicted molar refractivity (Wildman–Crippen MR) is 117 cm³/mol. The van der Waals surface area contributed by atoms with Crippen LogP contribution >= 0.6 is 11.3 Å². The van der Waals surface area contributed by atoms with E-state index in [-0.39, 0.29) is 17.5 Å². The first-order valence-corrected chi connectivity index (χ1v) is 11.4. The zero-order valence-electron chi connectivity index (χ0n) is 18.9. The van der Waals surface area contributed by atoms with Crippen LogP contribution in [0.15, 0.2) is 35.8 Å². The second-order valence-electron chi connectivity index (χ2n) is 8.02. The molecule has 2 unspecified atom stereocenters. The highest BCUT2D eigenvalue weighted by molar-refractivity contribution is 7.09. The van der Waals surface area contributed by atoms with Gasteiger partial charge in [-0.3, -0.25) is 4.90 Å². The van der Waals surface area contributed by atoms with E-state index in [9.17, 15) is 30.7 Å². The van der Waals surface area contributed by atoms with Crippen molar-refractivity contribution in [3.63, 3.8) is 0 Å². The first-order chi connectivity index (χ1) is 17.1. The first-order valence-electron chi connectivity index (χ1n) is 10.5. The minimum atomic E-state index is -5.08. The summed E-state index contributed by atoms with van der Waals surface area (Å²) in [5.41, 5.74) is -0.0832. The molecule has 206 valence electrons. The number of hydrogen-bond donors (Lipinski definition) is 3. The summed E-state index contributed by atoms with van der Waals surface area (Å²) in [7, 11) is 0. The van der Waals surface area contributed by atoms with E-state index >= 15 is 0 Å². The molecule has 0 aliphatic carbocycles. The van der Waals surface area contributed by atoms with Gasteiger partial charge in [0.15, 0.2) is 11.6 Å². The smallest absolute Gasteiger partial charge is 0.475 e. The van der Waals surface area contributed by atoms with Gasteiger partial charge in [0.25, 0.3) is 0 Å². The van der Waals surface area contributed by atoms with Crippen LogP contribution in [0.4, 0.5) is 36.6 Å². The quantitative estimate of drug-likeness (QED) is 0.472. The van der Waals surface area contributed by atoms with E-state index in [2.05, 4.69) is 32.7 Å². The van der Waals surface area contributed by atoms with Gasteiger partial charge < -0.3 is 20.3 Å². The largest absolute Gasteiger partial charge is 0.490 e. The predicted octanol–water partition coefficient (Wildman–Crippen LogP) is 4.39. The third-order valence-corrected chi connectivity index (χ3v) is 6.01. The van der Waals surface area contributed by atoms with Crippen molar-refractivity contribution in [2.24, 2.45) is 0 Å². The normalized spacial score (nSPS) is 21.5. The van der Waals surface area contributed by atoms with Crippen molar-refractivity contribution in [2.45, 2.75) is 43.4 Å². The maximum Gasteiger partial charge on any atom is 0.490 e. The van der Waals surface area contributed by atoms with E-state index in [1.54, 1.807) is 23.6 Å². The van der Waals surface area contributed by atoms with Crippen LogP contribution in [0.3, 0.4) is 0 Å². The van der Waals surface area contributed by atoms with Crippen LogP contribution in [0.1, 0.15) is 17.7 Å². The summed E-state index contributed by atoms with van der Waals surface area (Å²) < 4.78 is 83.3. The third kappa shape index (κ3) is 9.77. The Morgan fingerprint density at radius 2 is 1.76 bits per heavy atom. The third-order valence-electron chi connectivity index (χ3n) is 5.15. The van der Waals surface area contributed by atoms with Gasteiger partial charge in [-0.25, -0.2) is 19.0 Å². The van der Waals surface area contributed by atoms with Crippen molar-refractivity contribution in [2.75, 3.05) is 25.0 Å². The number of ether oxygens (including phenoxy) is 1. The average molecular weight is 561 g/mol. The monoisotopic (exact) mass is 561 g/mol. The lowest BCUT2D eigenvalue weighted by molar-refractivity contribution is -0.193. The minimum Gasteiger partial charge on any atom is -0.475 e. The molecule has 3 N–H and O–H groups in total. The summed E-state index contributed by atoms with van der Waals surface area (Å²) in [6.07, 6.45) is -6.61. The van der Waals surface area contributed by atoms with E-state index in [1.165, 1.54) is 10.9 Å². The van der Waals surface area contributed by atoms with Crippen LogP contribution in [-0.2, 0) is 20.9 Å². The van der Waals surface area contributed by atoms with E-state index < -0.39 is 24.3 Å². The van der Waals surface area contributed by atoms with Crippen molar-refractivity contribution >= 4 is 29.1 Å². The zero-order chi connectivity index (χ0) is 27.9. The lowest BCUT2D eigenvalue weighted by atomic mass is 9.97. The molecule has 2 saturated heterocycles. The van der Waals surface area contributed by atoms with Gasteiger partial charge in [0.05, 0.1) is 18.2 Å². The summed E-state index contributed by atoms with van der Waals surface area (Å²) >= 11 is 1.80. The Bertz CT molecular complexity index is 1010. The van der Waals surface area contributed by atoms with Gasteiger partial charge in [0, 0.05) is 37.1 Å². The molecule has 4 heterocycles. The Labute approximate surface area is 209 Å². The molecule has 2 aliphatic heterocycles. The van der Waals surface area contributed by atoms with Crippen LogP contribution in [0.5, 0.6) is 0 Å². The van der Waals surface area contributed by atoms with Gasteiger partial charge in [-0.2, -0.15) is 26.3 Å². The number of nitrogens with one attached hydrogen (secondary N) is 1. The Kier molecular flexibility index (Phi) is 10.2. The van der Waals surface area contributed by atoms with Crippen molar-refractivity contribution in [1.29, 1.82) is 0 Å². The van der Waals surface area contributed by atoms with Crippen LogP contribution in [0.2, 0.25) is 0 Å². The van der Waals surface area contributed by atoms with E-state index in [0.717, 1.165) is 32.5 Å². The Morgan fingerprint density at radius 3 is 2.27 bits per heavy atom. The molecule has 0 bridgehead atoms. The molecule has 2 fully saturated rings. The van der Waals surface area contributed by atoms with Crippen molar-refractivity contribution in [1.82, 2.24) is 9.88 Å². The Hall–Kier alpha value is -2.98. The maximum atomic E-state index is 13.7. The molecule has 0 saturated carbocycles. The SMILES string of the molecule is Fc1cccnc1NC1COC2(CCN(Cc3cccs3)C2)C1.O=C(O)C(F)(F)F.O=C(O)C(F)(F)F. The highest BCUT2D eigenvalue weighted by atomic mass is 32.1. The van der Waals surface area contributed by atoms with E-state index in [0.29, 0.717) is 12.4 Å². The van der Waals surface area contributed by atoms with Gasteiger partial charge in [-0.05, 0) is 30.0 Å². The number of rotatable bonds is 4. The number of nitrogens with zero attached hydrogens (tertiary/aromatic N) is 2. The average Bonchev–Trinajstić information content (AvgIpc) is 3.53. The Morgan fingerprint density at radius 1 is 1.14 bits per heavy atom. The molecule has 0 amide bonds. The lowest BCUT2D eigenvalue weighted by Gasteiger charge is -2.23. The van der Waals surface area contributed by atoms with Gasteiger partial charge in [-0.15, -0.1) is 11.3 Å². The lowest BCUT2D eigenvalue weighted by Crippen LogP contribution is -2.33. The van der Waals surface area contributed by atoms with E-state index in [1.807, 2.05) is 0 Å². The number of thiophene rings is 1. The second-order valence-corrected chi connectivity index (χ2v) is 9.05. The number of carboxylic acids is 2. The summed E-state index contributed by atoms with van der Waals surface area (Å²) in [6, 6.07) is 7.44. The molecule has 0 aromatic carbocycles. The number of alkyl halides is 6. The second kappa shape index (κ2) is 12.5. The molecule has 1 spiro atoms. The number of halogens is 7. The summed E-state index contributed by atoms with van der Waals surface area (Å²) in [5, 5.41) is 19.6. The molecular formula is C21H22F7N3O5S. The number of hydrogen-bond acceptors (Lipinski definition) is 7. The molecule has 4 rings (SSSR count). The van der Waals surface area contributed by atoms with Gasteiger partial charge in [0.2, 0.25) is 0 Å². The molecule has 2 aromatic heterocycles. The molecule has 0 radical (unpaired) electrons. The number of aliphatic carboxylic acids is 2. The fourth-order valence-electron chi connectivity index (χ4n) is 3.59.